The van der Waals surface area contributed by atoms with Crippen LogP contribution < -0.4 is 0 Å². The summed E-state index contributed by atoms with van der Waals surface area (Å²) in [6, 6.07) is 56.0. The van der Waals surface area contributed by atoms with Crippen LogP contribution in [0.25, 0.3) is 104 Å². The summed E-state index contributed by atoms with van der Waals surface area (Å²) in [6.45, 7) is 0. The van der Waals surface area contributed by atoms with Gasteiger partial charge in [-0.15, -0.1) is 11.3 Å². The van der Waals surface area contributed by atoms with Crippen LogP contribution in [0.4, 0.5) is 0 Å². The zero-order chi connectivity index (χ0) is 32.8. The van der Waals surface area contributed by atoms with Crippen LogP contribution in [0.15, 0.2) is 158 Å². The number of fused-ring (bicyclic) bond motifs is 12. The number of hydrogen-bond acceptors (Lipinski definition) is 4. The maximum Gasteiger partial charge on any atom is 0.165 e. The van der Waals surface area contributed by atoms with Crippen LogP contribution in [0.2, 0.25) is 0 Å². The van der Waals surface area contributed by atoms with Gasteiger partial charge >= 0.3 is 0 Å². The molecule has 1 aliphatic rings. The number of thiophene rings is 1. The third kappa shape index (κ3) is 3.89. The van der Waals surface area contributed by atoms with Gasteiger partial charge in [-0.1, -0.05) is 133 Å². The van der Waals surface area contributed by atoms with E-state index >= 15 is 0 Å². The molecule has 7 aromatic carbocycles. The van der Waals surface area contributed by atoms with Crippen LogP contribution in [0.5, 0.6) is 0 Å². The Kier molecular flexibility index (Phi) is 5.80. The van der Waals surface area contributed by atoms with Gasteiger partial charge in [-0.05, 0) is 29.8 Å². The molecule has 5 heteroatoms. The summed E-state index contributed by atoms with van der Waals surface area (Å²) in [5.74, 6) is 1.99. The van der Waals surface area contributed by atoms with Gasteiger partial charge in [0.2, 0.25) is 0 Å². The van der Waals surface area contributed by atoms with Crippen molar-refractivity contribution in [1.29, 1.82) is 0 Å². The molecule has 232 valence electrons. The second-order valence-corrected chi connectivity index (χ2v) is 13.8. The molecule has 4 nitrogen and oxygen atoms in total. The van der Waals surface area contributed by atoms with Crippen LogP contribution in [0.3, 0.4) is 0 Å². The summed E-state index contributed by atoms with van der Waals surface area (Å²) >= 11 is 1.81. The van der Waals surface area contributed by atoms with Crippen molar-refractivity contribution in [3.63, 3.8) is 0 Å². The van der Waals surface area contributed by atoms with Crippen molar-refractivity contribution >= 4 is 53.3 Å². The molecule has 0 fully saturated rings. The van der Waals surface area contributed by atoms with E-state index in [0.717, 1.165) is 16.7 Å². The van der Waals surface area contributed by atoms with Gasteiger partial charge < -0.3 is 4.57 Å². The van der Waals surface area contributed by atoms with E-state index in [0.29, 0.717) is 17.5 Å². The predicted octanol–water partition coefficient (Wildman–Crippen LogP) is 12.0. The number of benzene rings is 7. The smallest absolute Gasteiger partial charge is 0.165 e. The van der Waals surface area contributed by atoms with E-state index in [4.69, 9.17) is 15.0 Å². The van der Waals surface area contributed by atoms with Crippen molar-refractivity contribution in [3.8, 4) is 62.1 Å². The topological polar surface area (TPSA) is 43.6 Å². The van der Waals surface area contributed by atoms with Gasteiger partial charge in [-0.25, -0.2) is 15.0 Å². The highest BCUT2D eigenvalue weighted by atomic mass is 32.1. The monoisotopic (exact) mass is 654 g/mol. The maximum absolute atomic E-state index is 5.24. The first-order chi connectivity index (χ1) is 24.8. The zero-order valence-corrected chi connectivity index (χ0v) is 27.5. The largest absolute Gasteiger partial charge is 0.308 e. The van der Waals surface area contributed by atoms with E-state index in [-0.39, 0.29) is 0 Å². The molecule has 0 saturated carbocycles. The van der Waals surface area contributed by atoms with Gasteiger partial charge in [0.05, 0.1) is 16.7 Å². The number of nitrogens with zero attached hydrogens (tertiary/aromatic N) is 4. The van der Waals surface area contributed by atoms with E-state index in [1.54, 1.807) is 0 Å². The molecule has 50 heavy (non-hydrogen) atoms. The van der Waals surface area contributed by atoms with Gasteiger partial charge in [0.15, 0.2) is 17.5 Å². The molecule has 0 saturated heterocycles. The van der Waals surface area contributed by atoms with Crippen molar-refractivity contribution in [2.75, 3.05) is 0 Å². The molecule has 0 spiro atoms. The molecule has 0 aliphatic carbocycles. The quantitative estimate of drug-likeness (QED) is 0.190. The lowest BCUT2D eigenvalue weighted by Gasteiger charge is -2.16. The minimum atomic E-state index is 0.659. The van der Waals surface area contributed by atoms with E-state index in [1.807, 2.05) is 47.7 Å². The Morgan fingerprint density at radius 1 is 0.440 bits per heavy atom. The molecule has 0 N–H and O–H groups in total. The van der Waals surface area contributed by atoms with Gasteiger partial charge in [0.25, 0.3) is 0 Å². The third-order valence-electron chi connectivity index (χ3n) is 9.99. The van der Waals surface area contributed by atoms with Crippen molar-refractivity contribution in [2.45, 2.75) is 0 Å². The van der Waals surface area contributed by atoms with E-state index < -0.39 is 0 Å². The van der Waals surface area contributed by atoms with Crippen molar-refractivity contribution < 1.29 is 0 Å². The Labute approximate surface area is 291 Å². The fraction of sp³-hybridized carbons (Fsp3) is 0. The van der Waals surface area contributed by atoms with Crippen LogP contribution in [0, 0.1) is 0 Å². The van der Waals surface area contributed by atoms with Crippen LogP contribution in [0.1, 0.15) is 0 Å². The van der Waals surface area contributed by atoms with Crippen molar-refractivity contribution in [1.82, 2.24) is 19.5 Å². The minimum absolute atomic E-state index is 0.659. The first-order valence-corrected chi connectivity index (χ1v) is 17.6. The molecule has 1 aliphatic heterocycles. The van der Waals surface area contributed by atoms with Crippen molar-refractivity contribution in [2.24, 2.45) is 0 Å². The summed E-state index contributed by atoms with van der Waals surface area (Å²) in [6.07, 6.45) is 0. The van der Waals surface area contributed by atoms with Gasteiger partial charge in [0, 0.05) is 64.3 Å². The summed E-state index contributed by atoms with van der Waals surface area (Å²) < 4.78 is 4.88. The van der Waals surface area contributed by atoms with E-state index in [2.05, 4.69) is 126 Å². The molecule has 0 bridgehead atoms. The average molecular weight is 655 g/mol. The molecule has 3 aromatic heterocycles. The van der Waals surface area contributed by atoms with Crippen LogP contribution >= 0.6 is 11.3 Å². The van der Waals surface area contributed by atoms with Crippen LogP contribution in [-0.4, -0.2) is 19.5 Å². The highest BCUT2D eigenvalue weighted by Crippen LogP contribution is 2.53. The lowest BCUT2D eigenvalue weighted by Crippen LogP contribution is -2.01. The third-order valence-corrected chi connectivity index (χ3v) is 11.2. The Bertz CT molecular complexity index is 2920. The Morgan fingerprint density at radius 3 is 1.82 bits per heavy atom. The average Bonchev–Trinajstić information content (AvgIpc) is 3.71. The standard InChI is InChI=1S/C45H26N4S/c1-3-14-27(15-4-1)43-46-44(28-16-5-2-6-17-28)48-45(47-43)35-26-34-31-22-13-21-30-29-18-7-10-23-36(29)49(41(30)31)37-24-11-8-19-32(37)39(34)40-33-20-9-12-25-38(33)50-42(35)40/h1-26H. The summed E-state index contributed by atoms with van der Waals surface area (Å²) in [5.41, 5.74) is 11.4. The Morgan fingerprint density at radius 2 is 1.04 bits per heavy atom. The second-order valence-electron chi connectivity index (χ2n) is 12.8. The molecular formula is C45H26N4S. The van der Waals surface area contributed by atoms with Crippen LogP contribution in [-0.2, 0) is 0 Å². The molecule has 0 unspecified atom stereocenters. The lowest BCUT2D eigenvalue weighted by atomic mass is 9.88. The normalized spacial score (nSPS) is 12.0. The zero-order valence-electron chi connectivity index (χ0n) is 26.7. The molecular weight excluding hydrogens is 629 g/mol. The van der Waals surface area contributed by atoms with E-state index in [9.17, 15) is 0 Å². The van der Waals surface area contributed by atoms with Gasteiger partial charge in [-0.3, -0.25) is 0 Å². The Hall–Kier alpha value is -6.43. The fourth-order valence-corrected chi connectivity index (χ4v) is 9.07. The second kappa shape index (κ2) is 10.5. The minimum Gasteiger partial charge on any atom is -0.308 e. The first kappa shape index (κ1) is 27.5. The van der Waals surface area contributed by atoms with Crippen molar-refractivity contribution in [3.05, 3.63) is 158 Å². The summed E-state index contributed by atoms with van der Waals surface area (Å²) in [5, 5.41) is 4.98. The molecule has 0 radical (unpaired) electrons. The Balaban J connectivity index is 1.33. The summed E-state index contributed by atoms with van der Waals surface area (Å²) in [4.78, 5) is 15.5. The number of rotatable bonds is 3. The van der Waals surface area contributed by atoms with Gasteiger partial charge in [-0.2, -0.15) is 0 Å². The molecule has 10 aromatic rings. The molecule has 4 heterocycles. The van der Waals surface area contributed by atoms with Gasteiger partial charge in [0.1, 0.15) is 0 Å². The first-order valence-electron chi connectivity index (χ1n) is 16.8. The number of aromatic nitrogens is 4. The highest BCUT2D eigenvalue weighted by molar-refractivity contribution is 7.26. The molecule has 11 rings (SSSR count). The SMILES string of the molecule is c1ccc(-c2nc(-c3ccccc3)nc(-c3cc4c(c5c3sc3ccccc35)-c3ccccc3-n3c5ccccc5c5cccc-4c53)n2)cc1. The lowest BCUT2D eigenvalue weighted by molar-refractivity contribution is 1.08. The highest BCUT2D eigenvalue weighted by Gasteiger charge is 2.29. The number of hydrogen-bond donors (Lipinski definition) is 0. The maximum atomic E-state index is 5.24. The number of para-hydroxylation sites is 3. The summed E-state index contributed by atoms with van der Waals surface area (Å²) in [7, 11) is 0. The molecule has 0 amide bonds. The van der Waals surface area contributed by atoms with E-state index in [1.165, 1.54) is 69.9 Å². The predicted molar refractivity (Wildman–Crippen MR) is 208 cm³/mol. The molecule has 0 atom stereocenters. The fourth-order valence-electron chi connectivity index (χ4n) is 7.85.